The smallest absolute Gasteiger partial charge is 0.185 e. The Balaban J connectivity index is 1.32. The van der Waals surface area contributed by atoms with E-state index in [0.717, 1.165) is 54.7 Å². The number of aromatic nitrogens is 1. The zero-order valence-electron chi connectivity index (χ0n) is 23.8. The average molecular weight is 510 g/mol. The summed E-state index contributed by atoms with van der Waals surface area (Å²) in [7, 11) is 0. The summed E-state index contributed by atoms with van der Waals surface area (Å²) in [6.45, 7) is 9.20. The number of hydrogen-bond donors (Lipinski definition) is 0. The molecule has 37 heavy (non-hydrogen) atoms. The second-order valence-corrected chi connectivity index (χ2v) is 11.0. The lowest BCUT2D eigenvalue weighted by atomic mass is 10.0. The van der Waals surface area contributed by atoms with Crippen molar-refractivity contribution in [2.45, 2.75) is 111 Å². The summed E-state index contributed by atoms with van der Waals surface area (Å²) in [5.74, 6) is 2.26. The normalized spacial score (nSPS) is 18.6. The minimum atomic E-state index is -0.299. The topological polar surface area (TPSA) is 40.6 Å². The fourth-order valence-corrected chi connectivity index (χ4v) is 4.90. The first-order chi connectivity index (χ1) is 18.2. The van der Waals surface area contributed by atoms with Crippen molar-refractivity contribution in [2.75, 3.05) is 19.8 Å². The van der Waals surface area contributed by atoms with Crippen molar-refractivity contribution in [3.63, 3.8) is 0 Å². The Bertz CT molecular complexity index is 828. The molecule has 1 aromatic heterocycles. The summed E-state index contributed by atoms with van der Waals surface area (Å²) in [6, 6.07) is 12.4. The molecular formula is C33H51NO3. The van der Waals surface area contributed by atoms with E-state index in [-0.39, 0.29) is 6.29 Å². The maximum absolute atomic E-state index is 6.06. The molecule has 0 amide bonds. The molecule has 0 N–H and O–H groups in total. The SMILES string of the molecule is CCCCCCCCCCC1COC(c2ccc(-c3ccc(OCCCCC(C)CC)cc3)nc2)OC1. The Morgan fingerprint density at radius 1 is 0.838 bits per heavy atom. The predicted molar refractivity (Wildman–Crippen MR) is 154 cm³/mol. The molecule has 1 fully saturated rings. The molecular weight excluding hydrogens is 458 g/mol. The van der Waals surface area contributed by atoms with Gasteiger partial charge < -0.3 is 14.2 Å². The third-order valence-electron chi connectivity index (χ3n) is 7.70. The first kappa shape index (κ1) is 29.6. The number of hydrogen-bond acceptors (Lipinski definition) is 4. The van der Waals surface area contributed by atoms with Gasteiger partial charge in [-0.3, -0.25) is 4.98 Å². The molecule has 4 nitrogen and oxygen atoms in total. The first-order valence-electron chi connectivity index (χ1n) is 15.1. The van der Waals surface area contributed by atoms with E-state index in [1.807, 2.05) is 18.3 Å². The summed E-state index contributed by atoms with van der Waals surface area (Å²) < 4.78 is 18.0. The lowest BCUT2D eigenvalue weighted by Gasteiger charge is -2.29. The highest BCUT2D eigenvalue weighted by molar-refractivity contribution is 5.60. The van der Waals surface area contributed by atoms with E-state index >= 15 is 0 Å². The van der Waals surface area contributed by atoms with Gasteiger partial charge in [-0.1, -0.05) is 91.0 Å². The molecule has 0 bridgehead atoms. The molecule has 1 aliphatic rings. The highest BCUT2D eigenvalue weighted by Gasteiger charge is 2.23. The van der Waals surface area contributed by atoms with E-state index in [9.17, 15) is 0 Å². The van der Waals surface area contributed by atoms with Crippen molar-refractivity contribution < 1.29 is 14.2 Å². The molecule has 0 aliphatic carbocycles. The van der Waals surface area contributed by atoms with E-state index in [1.54, 1.807) is 0 Å². The third kappa shape index (κ3) is 11.2. The average Bonchev–Trinajstić information content (AvgIpc) is 2.95. The first-order valence-corrected chi connectivity index (χ1v) is 15.1. The fourth-order valence-electron chi connectivity index (χ4n) is 4.90. The Morgan fingerprint density at radius 2 is 1.54 bits per heavy atom. The Labute approximate surface area is 226 Å². The van der Waals surface area contributed by atoms with Crippen LogP contribution in [-0.2, 0) is 9.47 Å². The third-order valence-corrected chi connectivity index (χ3v) is 7.70. The van der Waals surface area contributed by atoms with Gasteiger partial charge in [0, 0.05) is 23.2 Å². The van der Waals surface area contributed by atoms with Gasteiger partial charge in [0.05, 0.1) is 25.5 Å². The molecule has 0 spiro atoms. The van der Waals surface area contributed by atoms with Gasteiger partial charge >= 0.3 is 0 Å². The molecule has 0 radical (unpaired) electrons. The van der Waals surface area contributed by atoms with Gasteiger partial charge in [0.2, 0.25) is 0 Å². The summed E-state index contributed by atoms with van der Waals surface area (Å²) in [4.78, 5) is 4.68. The number of pyridine rings is 1. The molecule has 4 heteroatoms. The molecule has 0 saturated carbocycles. The van der Waals surface area contributed by atoms with Crippen LogP contribution in [0.25, 0.3) is 11.3 Å². The molecule has 1 aromatic carbocycles. The molecule has 1 aliphatic heterocycles. The number of benzene rings is 1. The lowest BCUT2D eigenvalue weighted by Crippen LogP contribution is -2.27. The van der Waals surface area contributed by atoms with Crippen LogP contribution in [0.1, 0.15) is 116 Å². The molecule has 1 saturated heterocycles. The standard InChI is InChI=1S/C33H51NO3/c1-4-6-7-8-9-10-11-12-16-28-25-36-33(37-26-28)30-19-22-32(34-24-30)29-17-20-31(21-18-29)35-23-14-13-15-27(3)5-2/h17-22,24,27-28,33H,4-16,23,25-26H2,1-3H3. The second kappa shape index (κ2) is 17.6. The van der Waals surface area contributed by atoms with Gasteiger partial charge in [0.25, 0.3) is 0 Å². The van der Waals surface area contributed by atoms with Crippen LogP contribution in [0.15, 0.2) is 42.6 Å². The Hall–Kier alpha value is -1.91. The van der Waals surface area contributed by atoms with E-state index < -0.39 is 0 Å². The van der Waals surface area contributed by atoms with Crippen molar-refractivity contribution in [3.8, 4) is 17.0 Å². The predicted octanol–water partition coefficient (Wildman–Crippen LogP) is 9.54. The van der Waals surface area contributed by atoms with E-state index in [0.29, 0.717) is 5.92 Å². The van der Waals surface area contributed by atoms with Gasteiger partial charge in [-0.2, -0.15) is 0 Å². The zero-order valence-corrected chi connectivity index (χ0v) is 23.8. The van der Waals surface area contributed by atoms with Crippen molar-refractivity contribution in [1.82, 2.24) is 4.98 Å². The molecule has 206 valence electrons. The minimum Gasteiger partial charge on any atom is -0.494 e. The fraction of sp³-hybridized carbons (Fsp3) is 0.667. The van der Waals surface area contributed by atoms with Crippen LogP contribution in [0.5, 0.6) is 5.75 Å². The number of nitrogens with zero attached hydrogens (tertiary/aromatic N) is 1. The number of ether oxygens (including phenoxy) is 3. The van der Waals surface area contributed by atoms with Gasteiger partial charge in [0.1, 0.15) is 5.75 Å². The van der Waals surface area contributed by atoms with E-state index in [1.165, 1.54) is 77.0 Å². The van der Waals surface area contributed by atoms with Crippen LogP contribution in [0.4, 0.5) is 0 Å². The quantitative estimate of drug-likeness (QED) is 0.188. The van der Waals surface area contributed by atoms with Crippen molar-refractivity contribution in [1.29, 1.82) is 0 Å². The highest BCUT2D eigenvalue weighted by atomic mass is 16.7. The molecule has 3 rings (SSSR count). The number of unbranched alkanes of at least 4 members (excludes halogenated alkanes) is 8. The summed E-state index contributed by atoms with van der Waals surface area (Å²) in [5.41, 5.74) is 3.03. The van der Waals surface area contributed by atoms with Crippen LogP contribution in [-0.4, -0.2) is 24.8 Å². The summed E-state index contributed by atoms with van der Waals surface area (Å²) in [6.07, 6.45) is 18.6. The maximum atomic E-state index is 6.06. The number of rotatable bonds is 18. The van der Waals surface area contributed by atoms with Crippen molar-refractivity contribution >= 4 is 0 Å². The monoisotopic (exact) mass is 509 g/mol. The van der Waals surface area contributed by atoms with E-state index in [2.05, 4.69) is 50.0 Å². The second-order valence-electron chi connectivity index (χ2n) is 11.0. The molecule has 1 unspecified atom stereocenters. The summed E-state index contributed by atoms with van der Waals surface area (Å²) >= 11 is 0. The van der Waals surface area contributed by atoms with Gasteiger partial charge in [-0.15, -0.1) is 0 Å². The van der Waals surface area contributed by atoms with Crippen molar-refractivity contribution in [3.05, 3.63) is 48.2 Å². The van der Waals surface area contributed by atoms with Gasteiger partial charge in [0.15, 0.2) is 6.29 Å². The minimum absolute atomic E-state index is 0.299. The van der Waals surface area contributed by atoms with Gasteiger partial charge in [-0.05, 0) is 55.5 Å². The zero-order chi connectivity index (χ0) is 26.1. The van der Waals surface area contributed by atoms with E-state index in [4.69, 9.17) is 14.2 Å². The Kier molecular flexibility index (Phi) is 14.1. The highest BCUT2D eigenvalue weighted by Crippen LogP contribution is 2.29. The molecule has 2 heterocycles. The van der Waals surface area contributed by atoms with Crippen LogP contribution < -0.4 is 4.74 Å². The lowest BCUT2D eigenvalue weighted by molar-refractivity contribution is -0.206. The van der Waals surface area contributed by atoms with Crippen LogP contribution in [0.3, 0.4) is 0 Å². The van der Waals surface area contributed by atoms with Crippen LogP contribution >= 0.6 is 0 Å². The van der Waals surface area contributed by atoms with Crippen LogP contribution in [0, 0.1) is 11.8 Å². The Morgan fingerprint density at radius 3 is 2.19 bits per heavy atom. The van der Waals surface area contributed by atoms with Crippen LogP contribution in [0.2, 0.25) is 0 Å². The van der Waals surface area contributed by atoms with Gasteiger partial charge in [-0.25, -0.2) is 0 Å². The van der Waals surface area contributed by atoms with Crippen molar-refractivity contribution in [2.24, 2.45) is 11.8 Å². The summed E-state index contributed by atoms with van der Waals surface area (Å²) in [5, 5.41) is 0. The molecule has 2 aromatic rings. The molecule has 1 atom stereocenters. The largest absolute Gasteiger partial charge is 0.494 e. The maximum Gasteiger partial charge on any atom is 0.185 e.